The molecule has 0 spiro atoms. The van der Waals surface area contributed by atoms with Crippen molar-refractivity contribution in [1.82, 2.24) is 0 Å². The van der Waals surface area contributed by atoms with Gasteiger partial charge in [-0.2, -0.15) is 0 Å². The van der Waals surface area contributed by atoms with Crippen LogP contribution in [0.4, 0.5) is 0 Å². The van der Waals surface area contributed by atoms with Crippen LogP contribution in [-0.2, 0) is 0 Å². The summed E-state index contributed by atoms with van der Waals surface area (Å²) >= 11 is 0. The lowest BCUT2D eigenvalue weighted by atomic mass is 9.85. The van der Waals surface area contributed by atoms with Crippen molar-refractivity contribution in [2.45, 2.75) is 0 Å². The molecular weight excluding hydrogens is 336 g/mol. The van der Waals surface area contributed by atoms with Gasteiger partial charge in [-0.15, -0.1) is 0 Å². The van der Waals surface area contributed by atoms with Gasteiger partial charge in [0.2, 0.25) is 0 Å². The molecule has 0 unspecified atom stereocenters. The molecule has 0 fully saturated rings. The molecule has 0 aliphatic carbocycles. The quantitative estimate of drug-likeness (QED) is 0.316. The van der Waals surface area contributed by atoms with Gasteiger partial charge in [-0.3, -0.25) is 0 Å². The van der Waals surface area contributed by atoms with Crippen LogP contribution >= 0.6 is 0 Å². The van der Waals surface area contributed by atoms with Crippen LogP contribution in [0.15, 0.2) is 147 Å². The zero-order valence-corrected chi connectivity index (χ0v) is 16.2. The summed E-state index contributed by atoms with van der Waals surface area (Å²) < 4.78 is 0. The fourth-order valence-electron chi connectivity index (χ4n) is 2.99. The maximum Gasteiger partial charge on any atom is -0.00270 e. The molecule has 0 amide bonds. The minimum Gasteiger partial charge on any atom is -0.0991 e. The molecule has 0 aliphatic rings. The Balaban J connectivity index is 2.97. The second-order valence-corrected chi connectivity index (χ2v) is 5.99. The number of allylic oxidation sites excluding steroid dienone is 12. The van der Waals surface area contributed by atoms with Gasteiger partial charge in [0.1, 0.15) is 0 Å². The molecule has 0 saturated heterocycles. The minimum absolute atomic E-state index is 1.00. The van der Waals surface area contributed by atoms with Gasteiger partial charge in [0.15, 0.2) is 0 Å². The van der Waals surface area contributed by atoms with E-state index in [1.165, 1.54) is 0 Å². The van der Waals surface area contributed by atoms with Gasteiger partial charge in [-0.05, 0) is 33.4 Å². The Morgan fingerprint density at radius 1 is 0.536 bits per heavy atom. The van der Waals surface area contributed by atoms with Crippen molar-refractivity contribution >= 4 is 11.1 Å². The number of hydrogen-bond donors (Lipinski definition) is 0. The molecule has 0 aromatic heterocycles. The molecule has 0 heterocycles. The summed E-state index contributed by atoms with van der Waals surface area (Å²) in [6.45, 7) is 15.7. The molecule has 2 rings (SSSR count). The van der Waals surface area contributed by atoms with Gasteiger partial charge in [0.05, 0.1) is 0 Å². The minimum atomic E-state index is 1.00. The summed E-state index contributed by atoms with van der Waals surface area (Å²) in [7, 11) is 0. The largest absolute Gasteiger partial charge is 0.0991 e. The highest BCUT2D eigenvalue weighted by Gasteiger charge is 2.16. The molecule has 0 saturated carbocycles. The molecule has 0 bridgehead atoms. The van der Waals surface area contributed by atoms with Gasteiger partial charge < -0.3 is 0 Å². The average molecular weight is 363 g/mol. The van der Waals surface area contributed by atoms with Crippen LogP contribution in [0.1, 0.15) is 11.1 Å². The molecule has 0 heteroatoms. The first kappa shape index (κ1) is 20.7. The average Bonchev–Trinajstić information content (AvgIpc) is 2.75. The molecule has 2 aromatic carbocycles. The molecule has 0 radical (unpaired) electrons. The van der Waals surface area contributed by atoms with Gasteiger partial charge in [-0.25, -0.2) is 0 Å². The van der Waals surface area contributed by atoms with Crippen molar-refractivity contribution in [3.8, 4) is 0 Å². The predicted molar refractivity (Wildman–Crippen MR) is 126 cm³/mol. The fourth-order valence-corrected chi connectivity index (χ4v) is 2.99. The van der Waals surface area contributed by atoms with Crippen LogP contribution < -0.4 is 0 Å². The lowest BCUT2D eigenvalue weighted by Gasteiger charge is -2.19. The van der Waals surface area contributed by atoms with E-state index < -0.39 is 0 Å². The van der Waals surface area contributed by atoms with Crippen molar-refractivity contribution in [3.05, 3.63) is 158 Å². The fraction of sp³-hybridized carbons (Fsp3) is 0. The highest BCUT2D eigenvalue weighted by Crippen LogP contribution is 2.37. The summed E-state index contributed by atoms with van der Waals surface area (Å²) in [6, 6.07) is 20.7. The molecule has 28 heavy (non-hydrogen) atoms. The molecule has 0 aliphatic heterocycles. The second kappa shape index (κ2) is 11.2. The smallest absolute Gasteiger partial charge is 0.00270 e. The van der Waals surface area contributed by atoms with Crippen molar-refractivity contribution < 1.29 is 0 Å². The highest BCUT2D eigenvalue weighted by atomic mass is 14.2. The molecule has 0 N–H and O–H groups in total. The Hall–Kier alpha value is -3.64. The third-order valence-corrected chi connectivity index (χ3v) is 4.21. The first-order valence-electron chi connectivity index (χ1n) is 9.19. The van der Waals surface area contributed by atoms with E-state index in [1.807, 2.05) is 66.8 Å². The Kier molecular flexibility index (Phi) is 8.23. The van der Waals surface area contributed by atoms with Crippen LogP contribution in [0.25, 0.3) is 11.1 Å². The zero-order chi connectivity index (χ0) is 20.2. The summed E-state index contributed by atoms with van der Waals surface area (Å²) in [4.78, 5) is 0. The van der Waals surface area contributed by atoms with Crippen molar-refractivity contribution in [2.75, 3.05) is 0 Å². The third kappa shape index (κ3) is 5.18. The molecular formula is C28H26. The van der Waals surface area contributed by atoms with Crippen LogP contribution in [0.2, 0.25) is 0 Å². The van der Waals surface area contributed by atoms with E-state index in [9.17, 15) is 0 Å². The maximum absolute atomic E-state index is 4.07. The standard InChI is InChI=1S/C28H26/c1-5-9-12-18-24(8-4)28(26-21-15-11-16-22-26)27(23(7-3)17-6-2)25-19-13-10-14-20-25/h5-22H,1-4H2/b12-9-,23-17+,24-18+,28-27+. The lowest BCUT2D eigenvalue weighted by molar-refractivity contribution is 1.53. The van der Waals surface area contributed by atoms with Gasteiger partial charge in [0.25, 0.3) is 0 Å². The first-order valence-corrected chi connectivity index (χ1v) is 9.19. The monoisotopic (exact) mass is 362 g/mol. The molecule has 0 atom stereocenters. The highest BCUT2D eigenvalue weighted by molar-refractivity contribution is 6.06. The molecule has 0 nitrogen and oxygen atoms in total. The van der Waals surface area contributed by atoms with E-state index in [0.717, 1.165) is 33.4 Å². The Labute approximate surface area is 169 Å². The Bertz CT molecular complexity index is 946. The van der Waals surface area contributed by atoms with Crippen molar-refractivity contribution in [2.24, 2.45) is 0 Å². The first-order chi connectivity index (χ1) is 13.8. The van der Waals surface area contributed by atoms with Crippen molar-refractivity contribution in [3.63, 3.8) is 0 Å². The van der Waals surface area contributed by atoms with E-state index in [4.69, 9.17) is 0 Å². The van der Waals surface area contributed by atoms with E-state index >= 15 is 0 Å². The van der Waals surface area contributed by atoms with Gasteiger partial charge >= 0.3 is 0 Å². The number of benzene rings is 2. The van der Waals surface area contributed by atoms with E-state index in [0.29, 0.717) is 0 Å². The molecule has 138 valence electrons. The van der Waals surface area contributed by atoms with Crippen LogP contribution in [0.3, 0.4) is 0 Å². The normalized spacial score (nSPS) is 13.0. The number of rotatable bonds is 9. The summed E-state index contributed by atoms with van der Waals surface area (Å²) in [6.07, 6.45) is 15.2. The van der Waals surface area contributed by atoms with E-state index in [-0.39, 0.29) is 0 Å². The topological polar surface area (TPSA) is 0 Å². The van der Waals surface area contributed by atoms with E-state index in [2.05, 4.69) is 56.7 Å². The summed E-state index contributed by atoms with van der Waals surface area (Å²) in [5.41, 5.74) is 6.40. The zero-order valence-electron chi connectivity index (χ0n) is 16.2. The van der Waals surface area contributed by atoms with E-state index in [1.54, 1.807) is 12.2 Å². The van der Waals surface area contributed by atoms with Gasteiger partial charge in [0, 0.05) is 0 Å². The number of hydrogen-bond acceptors (Lipinski definition) is 0. The second-order valence-electron chi connectivity index (χ2n) is 5.99. The lowest BCUT2D eigenvalue weighted by Crippen LogP contribution is -1.97. The van der Waals surface area contributed by atoms with Crippen LogP contribution in [0, 0.1) is 0 Å². The third-order valence-electron chi connectivity index (χ3n) is 4.21. The van der Waals surface area contributed by atoms with Gasteiger partial charge in [-0.1, -0.05) is 136 Å². The Morgan fingerprint density at radius 2 is 1.00 bits per heavy atom. The molecule has 2 aromatic rings. The maximum atomic E-state index is 4.07. The van der Waals surface area contributed by atoms with Crippen LogP contribution in [0.5, 0.6) is 0 Å². The van der Waals surface area contributed by atoms with Crippen LogP contribution in [-0.4, -0.2) is 0 Å². The summed E-state index contributed by atoms with van der Waals surface area (Å²) in [5.74, 6) is 0. The van der Waals surface area contributed by atoms with Crippen molar-refractivity contribution in [1.29, 1.82) is 0 Å². The Morgan fingerprint density at radius 3 is 1.39 bits per heavy atom. The summed E-state index contributed by atoms with van der Waals surface area (Å²) in [5, 5.41) is 0. The predicted octanol–water partition coefficient (Wildman–Crippen LogP) is 7.75. The SMILES string of the molecule is C=C\C=C/C=C(C=C)/C(=C(/C(C=C)=C/C=C)c1ccccc1)c1ccccc1.